The minimum absolute atomic E-state index is 0.00638. The summed E-state index contributed by atoms with van der Waals surface area (Å²) in [6, 6.07) is 5.26. The average molecular weight is 332 g/mol. The number of anilines is 1. The van der Waals surface area contributed by atoms with Crippen molar-refractivity contribution in [1.29, 1.82) is 0 Å². The molecule has 6 heteroatoms. The van der Waals surface area contributed by atoms with Crippen molar-refractivity contribution in [3.63, 3.8) is 0 Å². The van der Waals surface area contributed by atoms with Crippen molar-refractivity contribution in [1.82, 2.24) is 0 Å². The Kier molecular flexibility index (Phi) is 6.30. The van der Waals surface area contributed by atoms with Crippen molar-refractivity contribution >= 4 is 34.8 Å². The molecule has 0 unspecified atom stereocenters. The Hall–Kier alpha value is -0.810. The maximum atomic E-state index is 12.1. The average Bonchev–Trinajstić information content (AvgIpc) is 2.46. The zero-order chi connectivity index (χ0) is 15.2. The molecule has 0 saturated carbocycles. The molecule has 0 bridgehead atoms. The van der Waals surface area contributed by atoms with Crippen molar-refractivity contribution in [3.8, 4) is 0 Å². The van der Waals surface area contributed by atoms with E-state index in [1.165, 1.54) is 17.9 Å². The third-order valence-electron chi connectivity index (χ3n) is 3.90. The van der Waals surface area contributed by atoms with Crippen LogP contribution in [0.3, 0.4) is 0 Å². The number of hydrogen-bond donors (Lipinski definition) is 3. The van der Waals surface area contributed by atoms with E-state index in [0.29, 0.717) is 22.3 Å². The molecule has 3 N–H and O–H groups in total. The van der Waals surface area contributed by atoms with Crippen LogP contribution in [0, 0.1) is 0 Å². The molecule has 1 heterocycles. The molecule has 1 aliphatic rings. The van der Waals surface area contributed by atoms with Gasteiger partial charge in [-0.25, -0.2) is 0 Å². The number of nitrogens with one attached hydrogen (secondary N) is 3. The van der Waals surface area contributed by atoms with E-state index in [4.69, 9.17) is 23.2 Å². The van der Waals surface area contributed by atoms with Crippen LogP contribution >= 0.6 is 23.2 Å². The van der Waals surface area contributed by atoms with E-state index in [1.54, 1.807) is 23.1 Å². The number of hydrogen-bond acceptors (Lipinski definition) is 1. The molecule has 0 radical (unpaired) electrons. The first-order chi connectivity index (χ1) is 10.1. The highest BCUT2D eigenvalue weighted by atomic mass is 35.5. The summed E-state index contributed by atoms with van der Waals surface area (Å²) in [5, 5.41) is 3.71. The van der Waals surface area contributed by atoms with Gasteiger partial charge in [0.25, 0.3) is 5.91 Å². The fourth-order valence-corrected chi connectivity index (χ4v) is 3.11. The van der Waals surface area contributed by atoms with E-state index in [0.717, 1.165) is 26.2 Å². The van der Waals surface area contributed by atoms with Gasteiger partial charge >= 0.3 is 0 Å². The van der Waals surface area contributed by atoms with Gasteiger partial charge < -0.3 is 15.1 Å². The van der Waals surface area contributed by atoms with Crippen molar-refractivity contribution in [2.75, 3.05) is 44.6 Å². The Morgan fingerprint density at radius 2 is 1.86 bits per heavy atom. The number of rotatable bonds is 5. The molecule has 1 aromatic carbocycles. The lowest BCUT2D eigenvalue weighted by Gasteiger charge is -2.29. The number of quaternary nitrogens is 2. The minimum atomic E-state index is -0.00638. The van der Waals surface area contributed by atoms with Gasteiger partial charge in [0.1, 0.15) is 26.2 Å². The lowest BCUT2D eigenvalue weighted by molar-refractivity contribution is -1.01. The molecule has 1 amide bonds. The first-order valence-corrected chi connectivity index (χ1v) is 8.26. The van der Waals surface area contributed by atoms with Crippen LogP contribution in [0.4, 0.5) is 5.69 Å². The van der Waals surface area contributed by atoms with Gasteiger partial charge in [0.2, 0.25) is 0 Å². The molecular formula is C15H23Cl2N3O+2. The van der Waals surface area contributed by atoms with Crippen LogP contribution in [0.5, 0.6) is 0 Å². The molecule has 21 heavy (non-hydrogen) atoms. The molecule has 1 aromatic rings. The highest BCUT2D eigenvalue weighted by molar-refractivity contribution is 6.43. The third kappa shape index (κ3) is 4.85. The topological polar surface area (TPSA) is 38.0 Å². The van der Waals surface area contributed by atoms with Crippen molar-refractivity contribution in [2.24, 2.45) is 0 Å². The fourth-order valence-electron chi connectivity index (χ4n) is 2.76. The lowest BCUT2D eigenvalue weighted by atomic mass is 10.3. The third-order valence-corrected chi connectivity index (χ3v) is 4.72. The molecule has 0 spiro atoms. The van der Waals surface area contributed by atoms with Crippen LogP contribution < -0.4 is 15.1 Å². The summed E-state index contributed by atoms with van der Waals surface area (Å²) >= 11 is 12.0. The van der Waals surface area contributed by atoms with Crippen LogP contribution in [0.15, 0.2) is 18.2 Å². The zero-order valence-corrected chi connectivity index (χ0v) is 13.9. The van der Waals surface area contributed by atoms with Gasteiger partial charge in [0, 0.05) is 0 Å². The van der Waals surface area contributed by atoms with Crippen LogP contribution in [-0.4, -0.2) is 45.2 Å². The zero-order valence-electron chi connectivity index (χ0n) is 12.3. The van der Waals surface area contributed by atoms with Gasteiger partial charge in [-0.15, -0.1) is 0 Å². The number of amides is 1. The maximum Gasteiger partial charge on any atom is 0.279 e. The molecule has 2 rings (SSSR count). The van der Waals surface area contributed by atoms with Gasteiger partial charge in [0.15, 0.2) is 6.54 Å². The van der Waals surface area contributed by atoms with E-state index in [2.05, 4.69) is 12.2 Å². The Bertz CT molecular complexity index is 488. The molecule has 0 aliphatic carbocycles. The standard InChI is InChI=1S/C15H21Cl2N3O/c1-2-6-19-7-9-20(10-8-19)11-14(21)18-13-5-3-4-12(16)15(13)17/h3-5H,2,6-11H2,1H3,(H,18,21)/p+2. The van der Waals surface area contributed by atoms with Gasteiger partial charge in [-0.05, 0) is 18.6 Å². The normalized spacial score (nSPS) is 22.0. The summed E-state index contributed by atoms with van der Waals surface area (Å²) in [6.07, 6.45) is 1.22. The van der Waals surface area contributed by atoms with Gasteiger partial charge in [-0.2, -0.15) is 0 Å². The maximum absolute atomic E-state index is 12.1. The quantitative estimate of drug-likeness (QED) is 0.704. The first kappa shape index (κ1) is 16.6. The number of piperazine rings is 1. The Labute approximate surface area is 136 Å². The van der Waals surface area contributed by atoms with Gasteiger partial charge in [0.05, 0.1) is 22.3 Å². The summed E-state index contributed by atoms with van der Waals surface area (Å²) in [5.41, 5.74) is 0.587. The predicted molar refractivity (Wildman–Crippen MR) is 86.5 cm³/mol. The van der Waals surface area contributed by atoms with Crippen LogP contribution in [-0.2, 0) is 4.79 Å². The molecule has 0 atom stereocenters. The largest absolute Gasteiger partial charge is 0.326 e. The lowest BCUT2D eigenvalue weighted by Crippen LogP contribution is -3.28. The monoisotopic (exact) mass is 331 g/mol. The molecular weight excluding hydrogens is 309 g/mol. The second kappa shape index (κ2) is 7.99. The minimum Gasteiger partial charge on any atom is -0.326 e. The SMILES string of the molecule is CCC[NH+]1CC[NH+](CC(=O)Nc2cccc(Cl)c2Cl)CC1. The summed E-state index contributed by atoms with van der Waals surface area (Å²) in [5.74, 6) is -0.00638. The van der Waals surface area contributed by atoms with E-state index in [-0.39, 0.29) is 5.91 Å². The van der Waals surface area contributed by atoms with E-state index >= 15 is 0 Å². The smallest absolute Gasteiger partial charge is 0.279 e. The van der Waals surface area contributed by atoms with Crippen molar-refractivity contribution in [3.05, 3.63) is 28.2 Å². The van der Waals surface area contributed by atoms with E-state index in [1.807, 2.05) is 0 Å². The van der Waals surface area contributed by atoms with Gasteiger partial charge in [-0.1, -0.05) is 36.2 Å². The number of carbonyl (C=O) groups excluding carboxylic acids is 1. The number of carbonyl (C=O) groups is 1. The Balaban J connectivity index is 1.81. The Morgan fingerprint density at radius 3 is 2.52 bits per heavy atom. The van der Waals surface area contributed by atoms with Crippen LogP contribution in [0.25, 0.3) is 0 Å². The summed E-state index contributed by atoms with van der Waals surface area (Å²) in [7, 11) is 0. The second-order valence-corrected chi connectivity index (χ2v) is 6.36. The van der Waals surface area contributed by atoms with Crippen LogP contribution in [0.2, 0.25) is 10.0 Å². The predicted octanol–water partition coefficient (Wildman–Crippen LogP) is 0.125. The first-order valence-electron chi connectivity index (χ1n) is 7.51. The summed E-state index contributed by atoms with van der Waals surface area (Å²) < 4.78 is 0. The second-order valence-electron chi connectivity index (χ2n) is 5.58. The highest BCUT2D eigenvalue weighted by Crippen LogP contribution is 2.29. The van der Waals surface area contributed by atoms with E-state index in [9.17, 15) is 4.79 Å². The fraction of sp³-hybridized carbons (Fsp3) is 0.533. The number of benzene rings is 1. The molecule has 1 fully saturated rings. The molecule has 1 saturated heterocycles. The van der Waals surface area contributed by atoms with Crippen molar-refractivity contribution in [2.45, 2.75) is 13.3 Å². The molecule has 4 nitrogen and oxygen atoms in total. The van der Waals surface area contributed by atoms with Crippen LogP contribution in [0.1, 0.15) is 13.3 Å². The van der Waals surface area contributed by atoms with Gasteiger partial charge in [-0.3, -0.25) is 4.79 Å². The molecule has 0 aromatic heterocycles. The summed E-state index contributed by atoms with van der Waals surface area (Å²) in [4.78, 5) is 15.1. The molecule has 1 aliphatic heterocycles. The highest BCUT2D eigenvalue weighted by Gasteiger charge is 2.24. The van der Waals surface area contributed by atoms with Crippen molar-refractivity contribution < 1.29 is 14.6 Å². The Morgan fingerprint density at radius 1 is 1.19 bits per heavy atom. The molecule has 116 valence electrons. The van der Waals surface area contributed by atoms with E-state index < -0.39 is 0 Å². The number of halogens is 2. The summed E-state index contributed by atoms with van der Waals surface area (Å²) in [6.45, 7) is 8.33.